The van der Waals surface area contributed by atoms with Crippen LogP contribution in [-0.4, -0.2) is 43.6 Å². The molecule has 142 valence electrons. The largest absolute Gasteiger partial charge is 0.505 e. The predicted molar refractivity (Wildman–Crippen MR) is 100 cm³/mol. The molecule has 2 aliphatic rings. The van der Waals surface area contributed by atoms with Gasteiger partial charge in [-0.25, -0.2) is 4.39 Å². The summed E-state index contributed by atoms with van der Waals surface area (Å²) in [7, 11) is 3.77. The molecule has 4 nitrogen and oxygen atoms in total. The average molecular weight is 360 g/mol. The van der Waals surface area contributed by atoms with Gasteiger partial charge >= 0.3 is 0 Å². The summed E-state index contributed by atoms with van der Waals surface area (Å²) in [6.45, 7) is 0.666. The van der Waals surface area contributed by atoms with E-state index in [1.807, 2.05) is 18.2 Å². The van der Waals surface area contributed by atoms with Crippen molar-refractivity contribution in [2.24, 2.45) is 5.92 Å². The standard InChI is InChI=1S/C21H29FN2O2/c1-24-17-10-11-19(24)20(21(25)23-12-4-3-5-13-26-2)18(14-17)15-6-8-16(22)9-7-15/h5-9,13,17-20H,3-4,10-12,14H2,1-2H3,(H,23,25). The van der Waals surface area contributed by atoms with Gasteiger partial charge in [0.2, 0.25) is 5.91 Å². The van der Waals surface area contributed by atoms with Gasteiger partial charge in [-0.1, -0.05) is 12.1 Å². The molecule has 2 heterocycles. The number of fused-ring (bicyclic) bond motifs is 2. The smallest absolute Gasteiger partial charge is 0.225 e. The molecule has 4 unspecified atom stereocenters. The number of nitrogens with zero attached hydrogens (tertiary/aromatic N) is 1. The molecule has 1 N–H and O–H groups in total. The lowest BCUT2D eigenvalue weighted by Gasteiger charge is -2.42. The lowest BCUT2D eigenvalue weighted by atomic mass is 9.75. The van der Waals surface area contributed by atoms with Crippen LogP contribution in [-0.2, 0) is 9.53 Å². The zero-order valence-electron chi connectivity index (χ0n) is 15.7. The quantitative estimate of drug-likeness (QED) is 0.598. The number of carbonyl (C=O) groups is 1. The molecular weight excluding hydrogens is 331 g/mol. The van der Waals surface area contributed by atoms with Crippen molar-refractivity contribution in [3.8, 4) is 0 Å². The number of amides is 1. The third kappa shape index (κ3) is 4.09. The Balaban J connectivity index is 1.68. The monoisotopic (exact) mass is 360 g/mol. The first kappa shape index (κ1) is 18.9. The Hall–Kier alpha value is -1.88. The number of nitrogens with one attached hydrogen (secondary N) is 1. The van der Waals surface area contributed by atoms with Gasteiger partial charge in [0, 0.05) is 18.6 Å². The number of ether oxygens (including phenoxy) is 1. The Kier molecular flexibility index (Phi) is 6.30. The first-order chi connectivity index (χ1) is 12.6. The molecule has 2 bridgehead atoms. The van der Waals surface area contributed by atoms with Crippen molar-refractivity contribution in [3.05, 3.63) is 48.0 Å². The van der Waals surface area contributed by atoms with Crippen LogP contribution in [0.2, 0.25) is 0 Å². The summed E-state index contributed by atoms with van der Waals surface area (Å²) < 4.78 is 18.2. The van der Waals surface area contributed by atoms with E-state index >= 15 is 0 Å². The minimum atomic E-state index is -0.227. The third-order valence-corrected chi connectivity index (χ3v) is 5.95. The molecule has 0 spiro atoms. The molecular formula is C21H29FN2O2. The lowest BCUT2D eigenvalue weighted by molar-refractivity contribution is -0.129. The first-order valence-corrected chi connectivity index (χ1v) is 9.54. The van der Waals surface area contributed by atoms with Gasteiger partial charge < -0.3 is 10.1 Å². The molecule has 2 aliphatic heterocycles. The fourth-order valence-corrected chi connectivity index (χ4v) is 4.59. The maximum Gasteiger partial charge on any atom is 0.225 e. The van der Waals surface area contributed by atoms with E-state index in [2.05, 4.69) is 17.3 Å². The highest BCUT2D eigenvalue weighted by atomic mass is 19.1. The molecule has 0 aliphatic carbocycles. The van der Waals surface area contributed by atoms with Gasteiger partial charge in [-0.05, 0) is 68.8 Å². The van der Waals surface area contributed by atoms with Gasteiger partial charge in [-0.2, -0.15) is 0 Å². The Labute approximate surface area is 155 Å². The van der Waals surface area contributed by atoms with Crippen molar-refractivity contribution in [2.75, 3.05) is 20.7 Å². The molecule has 1 aromatic rings. The van der Waals surface area contributed by atoms with E-state index in [-0.39, 0.29) is 29.6 Å². The van der Waals surface area contributed by atoms with Gasteiger partial charge in [0.15, 0.2) is 0 Å². The molecule has 2 fully saturated rings. The molecule has 1 amide bonds. The van der Waals surface area contributed by atoms with Crippen LogP contribution in [0, 0.1) is 11.7 Å². The fourth-order valence-electron chi connectivity index (χ4n) is 4.59. The van der Waals surface area contributed by atoms with Crippen LogP contribution >= 0.6 is 0 Å². The molecule has 0 radical (unpaired) electrons. The number of rotatable bonds is 7. The SMILES string of the molecule is COC=CCCCNC(=O)C1C(c2ccc(F)cc2)CC2CCC1N2C. The van der Waals surface area contributed by atoms with Crippen LogP contribution in [0.4, 0.5) is 4.39 Å². The summed E-state index contributed by atoms with van der Waals surface area (Å²) in [5, 5.41) is 3.13. The second-order valence-corrected chi connectivity index (χ2v) is 7.42. The summed E-state index contributed by atoms with van der Waals surface area (Å²) in [4.78, 5) is 15.4. The number of hydrogen-bond donors (Lipinski definition) is 1. The summed E-state index contributed by atoms with van der Waals surface area (Å²) in [5.74, 6) is -0.00146. The summed E-state index contributed by atoms with van der Waals surface area (Å²) in [6.07, 6.45) is 8.57. The van der Waals surface area contributed by atoms with E-state index in [1.54, 1.807) is 13.4 Å². The Morgan fingerprint density at radius 2 is 2.12 bits per heavy atom. The minimum Gasteiger partial charge on any atom is -0.505 e. The normalized spacial score (nSPS) is 28.4. The van der Waals surface area contributed by atoms with Gasteiger partial charge in [-0.15, -0.1) is 0 Å². The summed E-state index contributed by atoms with van der Waals surface area (Å²) in [5.41, 5.74) is 1.08. The number of hydrogen-bond acceptors (Lipinski definition) is 3. The second-order valence-electron chi connectivity index (χ2n) is 7.42. The van der Waals surface area contributed by atoms with Gasteiger partial charge in [0.25, 0.3) is 0 Å². The zero-order valence-corrected chi connectivity index (χ0v) is 15.7. The highest BCUT2D eigenvalue weighted by molar-refractivity contribution is 5.81. The maximum absolute atomic E-state index is 13.3. The number of allylic oxidation sites excluding steroid dienone is 1. The average Bonchev–Trinajstić information content (AvgIpc) is 2.87. The number of unbranched alkanes of at least 4 members (excludes halogenated alkanes) is 1. The molecule has 0 aromatic heterocycles. The molecule has 0 saturated carbocycles. The highest BCUT2D eigenvalue weighted by Gasteiger charge is 2.48. The summed E-state index contributed by atoms with van der Waals surface area (Å²) >= 11 is 0. The van der Waals surface area contributed by atoms with Crippen molar-refractivity contribution < 1.29 is 13.9 Å². The van der Waals surface area contributed by atoms with Crippen LogP contribution in [0.15, 0.2) is 36.6 Å². The number of piperidine rings is 1. The minimum absolute atomic E-state index is 0.0706. The van der Waals surface area contributed by atoms with Crippen molar-refractivity contribution in [3.63, 3.8) is 0 Å². The van der Waals surface area contributed by atoms with E-state index in [0.29, 0.717) is 12.6 Å². The molecule has 1 aromatic carbocycles. The third-order valence-electron chi connectivity index (χ3n) is 5.95. The second kappa shape index (κ2) is 8.67. The van der Waals surface area contributed by atoms with E-state index < -0.39 is 0 Å². The molecule has 5 heteroatoms. The van der Waals surface area contributed by atoms with Gasteiger partial charge in [0.1, 0.15) is 5.82 Å². The Bertz CT molecular complexity index is 631. The highest BCUT2D eigenvalue weighted by Crippen LogP contribution is 2.46. The Morgan fingerprint density at radius 1 is 1.35 bits per heavy atom. The zero-order chi connectivity index (χ0) is 18.5. The van der Waals surface area contributed by atoms with Gasteiger partial charge in [-0.3, -0.25) is 9.69 Å². The van der Waals surface area contributed by atoms with Crippen molar-refractivity contribution >= 4 is 5.91 Å². The van der Waals surface area contributed by atoms with Crippen molar-refractivity contribution in [2.45, 2.75) is 50.1 Å². The van der Waals surface area contributed by atoms with Crippen molar-refractivity contribution in [1.29, 1.82) is 0 Å². The summed E-state index contributed by atoms with van der Waals surface area (Å²) in [6, 6.07) is 7.51. The van der Waals surface area contributed by atoms with E-state index in [4.69, 9.17) is 4.74 Å². The Morgan fingerprint density at radius 3 is 2.85 bits per heavy atom. The van der Waals surface area contributed by atoms with E-state index in [0.717, 1.165) is 37.7 Å². The number of carbonyl (C=O) groups excluding carboxylic acids is 1. The molecule has 2 saturated heterocycles. The van der Waals surface area contributed by atoms with Crippen LogP contribution < -0.4 is 5.32 Å². The topological polar surface area (TPSA) is 41.6 Å². The first-order valence-electron chi connectivity index (χ1n) is 9.54. The molecule has 3 rings (SSSR count). The van der Waals surface area contributed by atoms with Crippen LogP contribution in [0.3, 0.4) is 0 Å². The van der Waals surface area contributed by atoms with Crippen molar-refractivity contribution in [1.82, 2.24) is 10.2 Å². The van der Waals surface area contributed by atoms with Crippen LogP contribution in [0.5, 0.6) is 0 Å². The van der Waals surface area contributed by atoms with Gasteiger partial charge in [0.05, 0.1) is 19.3 Å². The number of benzene rings is 1. The predicted octanol–water partition coefficient (Wildman–Crippen LogP) is 3.45. The maximum atomic E-state index is 13.3. The van der Waals surface area contributed by atoms with E-state index in [9.17, 15) is 9.18 Å². The fraction of sp³-hybridized carbons (Fsp3) is 0.571. The number of halogens is 1. The molecule has 4 atom stereocenters. The molecule has 26 heavy (non-hydrogen) atoms. The number of methoxy groups -OCH3 is 1. The van der Waals surface area contributed by atoms with E-state index in [1.165, 1.54) is 12.1 Å². The van der Waals surface area contributed by atoms with Crippen LogP contribution in [0.25, 0.3) is 0 Å². The lowest BCUT2D eigenvalue weighted by Crippen LogP contribution is -2.51. The van der Waals surface area contributed by atoms with Crippen LogP contribution in [0.1, 0.15) is 43.6 Å².